The molecule has 1 aromatic heterocycles. The molecule has 0 bridgehead atoms. The van der Waals surface area contributed by atoms with Crippen LogP contribution in [0, 0.1) is 18.3 Å². The Kier molecular flexibility index (Phi) is 4.57. The van der Waals surface area contributed by atoms with Crippen LogP contribution in [0.1, 0.15) is 53.8 Å². The summed E-state index contributed by atoms with van der Waals surface area (Å²) >= 11 is 7.69. The van der Waals surface area contributed by atoms with Gasteiger partial charge in [-0.25, -0.2) is 0 Å². The molecule has 1 saturated carbocycles. The molecule has 6 heteroatoms. The van der Waals surface area contributed by atoms with Crippen LogP contribution in [0.5, 0.6) is 0 Å². The lowest BCUT2D eigenvalue weighted by Crippen LogP contribution is -2.62. The summed E-state index contributed by atoms with van der Waals surface area (Å²) in [5, 5.41) is 2.55. The van der Waals surface area contributed by atoms with Crippen molar-refractivity contribution in [3.05, 3.63) is 20.8 Å². The molecular weight excluding hydrogens is 356 g/mol. The van der Waals surface area contributed by atoms with Crippen molar-refractivity contribution in [1.29, 1.82) is 0 Å². The van der Waals surface area contributed by atoms with Crippen molar-refractivity contribution in [2.45, 2.75) is 45.4 Å². The van der Waals surface area contributed by atoms with Gasteiger partial charge in [-0.2, -0.15) is 0 Å². The largest absolute Gasteiger partial charge is 0.341 e. The van der Waals surface area contributed by atoms with Gasteiger partial charge in [0.25, 0.3) is 5.91 Å². The number of carbonyl (C=O) groups excluding carboxylic acids is 2. The van der Waals surface area contributed by atoms with E-state index in [1.54, 1.807) is 0 Å². The van der Waals surface area contributed by atoms with Crippen molar-refractivity contribution >= 4 is 34.8 Å². The van der Waals surface area contributed by atoms with Crippen LogP contribution in [0.2, 0.25) is 5.02 Å². The van der Waals surface area contributed by atoms with Gasteiger partial charge in [0.15, 0.2) is 0 Å². The number of likely N-dealkylation sites (tertiary alicyclic amines) is 2. The van der Waals surface area contributed by atoms with Crippen molar-refractivity contribution in [3.63, 3.8) is 0 Å². The predicted octanol–water partition coefficient (Wildman–Crippen LogP) is 3.96. The van der Waals surface area contributed by atoms with E-state index in [9.17, 15) is 9.59 Å². The zero-order valence-electron chi connectivity index (χ0n) is 14.7. The fraction of sp³-hybridized carbons (Fsp3) is 0.684. The summed E-state index contributed by atoms with van der Waals surface area (Å²) in [5.74, 6) is 1.05. The van der Waals surface area contributed by atoms with Crippen LogP contribution in [0.4, 0.5) is 0 Å². The summed E-state index contributed by atoms with van der Waals surface area (Å²) in [6.07, 6.45) is 6.48. The van der Waals surface area contributed by atoms with Gasteiger partial charge in [-0.05, 0) is 49.5 Å². The number of rotatable bonds is 3. The number of aryl methyl sites for hydroxylation is 1. The highest BCUT2D eigenvalue weighted by Crippen LogP contribution is 2.42. The van der Waals surface area contributed by atoms with Crippen LogP contribution < -0.4 is 0 Å². The standard InChI is InChI=1S/C19H25ClN2O2S/c1-13-10-25-17(16(13)20)18(24)21-7-5-19(6-8-21)11-22(12-19)15(23)9-14-3-2-4-14/h10,14H,2-9,11-12H2,1H3. The Morgan fingerprint density at radius 2 is 1.92 bits per heavy atom. The first-order valence-electron chi connectivity index (χ1n) is 9.28. The quantitative estimate of drug-likeness (QED) is 0.796. The summed E-state index contributed by atoms with van der Waals surface area (Å²) in [7, 11) is 0. The van der Waals surface area contributed by atoms with E-state index in [0.717, 1.165) is 51.0 Å². The Hall–Kier alpha value is -1.07. The highest BCUT2D eigenvalue weighted by atomic mass is 35.5. The van der Waals surface area contributed by atoms with Gasteiger partial charge in [0, 0.05) is 38.0 Å². The molecule has 0 N–H and O–H groups in total. The third kappa shape index (κ3) is 3.21. The first kappa shape index (κ1) is 17.3. The number of piperidine rings is 1. The van der Waals surface area contributed by atoms with Crippen molar-refractivity contribution in [1.82, 2.24) is 9.80 Å². The molecule has 3 aliphatic rings. The highest BCUT2D eigenvalue weighted by molar-refractivity contribution is 7.13. The van der Waals surface area contributed by atoms with E-state index < -0.39 is 0 Å². The molecule has 3 heterocycles. The topological polar surface area (TPSA) is 40.6 Å². The lowest BCUT2D eigenvalue weighted by molar-refractivity contribution is -0.148. The van der Waals surface area contributed by atoms with Gasteiger partial charge in [0.1, 0.15) is 4.88 Å². The molecule has 2 aliphatic heterocycles. The minimum Gasteiger partial charge on any atom is -0.341 e. The van der Waals surface area contributed by atoms with Gasteiger partial charge in [-0.15, -0.1) is 11.3 Å². The van der Waals surface area contributed by atoms with E-state index in [2.05, 4.69) is 0 Å². The Labute approximate surface area is 158 Å². The second kappa shape index (κ2) is 6.58. The van der Waals surface area contributed by atoms with E-state index in [0.29, 0.717) is 21.7 Å². The predicted molar refractivity (Wildman–Crippen MR) is 100 cm³/mol. The lowest BCUT2D eigenvalue weighted by Gasteiger charge is -2.54. The Morgan fingerprint density at radius 1 is 1.24 bits per heavy atom. The van der Waals surface area contributed by atoms with E-state index in [-0.39, 0.29) is 11.3 Å². The zero-order chi connectivity index (χ0) is 17.6. The maximum atomic E-state index is 12.7. The summed E-state index contributed by atoms with van der Waals surface area (Å²) in [6.45, 7) is 5.26. The average molecular weight is 381 g/mol. The van der Waals surface area contributed by atoms with Crippen LogP contribution >= 0.6 is 22.9 Å². The van der Waals surface area contributed by atoms with Crippen LogP contribution in [-0.2, 0) is 4.79 Å². The second-order valence-corrected chi connectivity index (χ2v) is 9.36. The molecule has 1 spiro atoms. The smallest absolute Gasteiger partial charge is 0.265 e. The molecule has 2 amide bonds. The van der Waals surface area contributed by atoms with E-state index in [1.165, 1.54) is 30.6 Å². The molecular formula is C19H25ClN2O2S. The molecule has 1 aliphatic carbocycles. The van der Waals surface area contributed by atoms with Gasteiger partial charge < -0.3 is 9.80 Å². The number of carbonyl (C=O) groups is 2. The summed E-state index contributed by atoms with van der Waals surface area (Å²) < 4.78 is 0. The molecule has 1 aromatic rings. The van der Waals surface area contributed by atoms with Crippen molar-refractivity contribution < 1.29 is 9.59 Å². The van der Waals surface area contributed by atoms with E-state index >= 15 is 0 Å². The Balaban J connectivity index is 1.28. The van der Waals surface area contributed by atoms with Gasteiger partial charge in [-0.3, -0.25) is 9.59 Å². The SMILES string of the molecule is Cc1csc(C(=O)N2CCC3(CC2)CN(C(=O)CC2CCC2)C3)c1Cl. The number of nitrogens with zero attached hydrogens (tertiary/aromatic N) is 2. The molecule has 136 valence electrons. The van der Waals surface area contributed by atoms with Crippen molar-refractivity contribution in [3.8, 4) is 0 Å². The fourth-order valence-corrected chi connectivity index (χ4v) is 5.47. The summed E-state index contributed by atoms with van der Waals surface area (Å²) in [6, 6.07) is 0. The first-order valence-corrected chi connectivity index (χ1v) is 10.5. The third-order valence-electron chi connectivity index (χ3n) is 6.30. The zero-order valence-corrected chi connectivity index (χ0v) is 16.3. The Morgan fingerprint density at radius 3 is 2.44 bits per heavy atom. The summed E-state index contributed by atoms with van der Waals surface area (Å²) in [4.78, 5) is 29.6. The number of hydrogen-bond acceptors (Lipinski definition) is 3. The molecule has 25 heavy (non-hydrogen) atoms. The van der Waals surface area contributed by atoms with Crippen LogP contribution in [0.25, 0.3) is 0 Å². The minimum absolute atomic E-state index is 0.0650. The number of amides is 2. The van der Waals surface area contributed by atoms with E-state index in [4.69, 9.17) is 11.6 Å². The first-order chi connectivity index (χ1) is 12.0. The average Bonchev–Trinajstić information content (AvgIpc) is 2.87. The van der Waals surface area contributed by atoms with Gasteiger partial charge in [-0.1, -0.05) is 18.0 Å². The third-order valence-corrected chi connectivity index (χ3v) is 7.98. The second-order valence-electron chi connectivity index (χ2n) is 8.10. The Bertz CT molecular complexity index is 682. The maximum Gasteiger partial charge on any atom is 0.265 e. The summed E-state index contributed by atoms with van der Waals surface area (Å²) in [5.41, 5.74) is 1.23. The van der Waals surface area contributed by atoms with Crippen molar-refractivity contribution in [2.24, 2.45) is 11.3 Å². The lowest BCUT2D eigenvalue weighted by atomic mass is 9.71. The van der Waals surface area contributed by atoms with E-state index in [1.807, 2.05) is 22.1 Å². The van der Waals surface area contributed by atoms with Gasteiger partial charge >= 0.3 is 0 Å². The molecule has 0 radical (unpaired) electrons. The fourth-order valence-electron chi connectivity index (χ4n) is 4.23. The van der Waals surface area contributed by atoms with Gasteiger partial charge in [0.2, 0.25) is 5.91 Å². The molecule has 0 aromatic carbocycles. The molecule has 2 saturated heterocycles. The van der Waals surface area contributed by atoms with Crippen LogP contribution in [-0.4, -0.2) is 47.8 Å². The number of halogens is 1. The number of hydrogen-bond donors (Lipinski definition) is 0. The molecule has 3 fully saturated rings. The van der Waals surface area contributed by atoms with Crippen LogP contribution in [0.3, 0.4) is 0 Å². The van der Waals surface area contributed by atoms with Crippen LogP contribution in [0.15, 0.2) is 5.38 Å². The molecule has 4 rings (SSSR count). The number of thiophene rings is 1. The molecule has 0 unspecified atom stereocenters. The van der Waals surface area contributed by atoms with Crippen molar-refractivity contribution in [2.75, 3.05) is 26.2 Å². The highest BCUT2D eigenvalue weighted by Gasteiger charge is 2.47. The maximum absolute atomic E-state index is 12.7. The normalized spacial score (nSPS) is 22.6. The minimum atomic E-state index is 0.0650. The molecule has 0 atom stereocenters. The monoisotopic (exact) mass is 380 g/mol. The molecule has 4 nitrogen and oxygen atoms in total. The van der Waals surface area contributed by atoms with Gasteiger partial charge in [0.05, 0.1) is 5.02 Å².